The van der Waals surface area contributed by atoms with Gasteiger partial charge < -0.3 is 4.74 Å². The Hall–Kier alpha value is -2.16. The van der Waals surface area contributed by atoms with Gasteiger partial charge in [-0.2, -0.15) is 0 Å². The van der Waals surface area contributed by atoms with Crippen LogP contribution in [0.2, 0.25) is 0 Å². The quantitative estimate of drug-likeness (QED) is 0.596. The van der Waals surface area contributed by atoms with Gasteiger partial charge in [0.1, 0.15) is 5.92 Å². The number of benzene rings is 2. The molecule has 0 aromatic heterocycles. The third-order valence-electron chi connectivity index (χ3n) is 3.28. The standard InChI is InChI=1S/C15H12O3/c16-14-9-18-15(17)13(14)8-10-5-6-11-3-1-2-4-12(11)7-10/h1-7,13H,8-9H2. The molecule has 1 aliphatic heterocycles. The van der Waals surface area contributed by atoms with E-state index < -0.39 is 11.9 Å². The molecule has 18 heavy (non-hydrogen) atoms. The van der Waals surface area contributed by atoms with E-state index >= 15 is 0 Å². The van der Waals surface area contributed by atoms with E-state index in [4.69, 9.17) is 4.74 Å². The Morgan fingerprint density at radius 2 is 1.83 bits per heavy atom. The zero-order valence-corrected chi connectivity index (χ0v) is 9.76. The lowest BCUT2D eigenvalue weighted by Crippen LogP contribution is -2.18. The smallest absolute Gasteiger partial charge is 0.317 e. The number of cyclic esters (lactones) is 1. The molecule has 1 saturated heterocycles. The number of hydrogen-bond donors (Lipinski definition) is 0. The van der Waals surface area contributed by atoms with Crippen LogP contribution < -0.4 is 0 Å². The lowest BCUT2D eigenvalue weighted by Gasteiger charge is -2.06. The molecule has 3 heteroatoms. The molecule has 0 radical (unpaired) electrons. The second kappa shape index (κ2) is 4.26. The average molecular weight is 240 g/mol. The minimum atomic E-state index is -0.619. The predicted octanol–water partition coefficient (Wildman–Crippen LogP) is 2.12. The van der Waals surface area contributed by atoms with E-state index in [2.05, 4.69) is 0 Å². The molecule has 3 nitrogen and oxygen atoms in total. The maximum Gasteiger partial charge on any atom is 0.317 e. The highest BCUT2D eigenvalue weighted by Crippen LogP contribution is 2.21. The molecule has 2 aromatic carbocycles. The van der Waals surface area contributed by atoms with Crippen molar-refractivity contribution in [2.45, 2.75) is 6.42 Å². The van der Waals surface area contributed by atoms with Gasteiger partial charge in [-0.15, -0.1) is 0 Å². The molecule has 3 rings (SSSR count). The fourth-order valence-corrected chi connectivity index (χ4v) is 2.27. The molecule has 0 spiro atoms. The Morgan fingerprint density at radius 3 is 2.56 bits per heavy atom. The fourth-order valence-electron chi connectivity index (χ4n) is 2.27. The van der Waals surface area contributed by atoms with Crippen molar-refractivity contribution in [1.82, 2.24) is 0 Å². The summed E-state index contributed by atoms with van der Waals surface area (Å²) in [5.74, 6) is -1.13. The maximum atomic E-state index is 11.5. The molecule has 90 valence electrons. The van der Waals surface area contributed by atoms with E-state index in [1.165, 1.54) is 0 Å². The minimum Gasteiger partial charge on any atom is -0.457 e. The molecule has 1 atom stereocenters. The lowest BCUT2D eigenvalue weighted by atomic mass is 9.95. The van der Waals surface area contributed by atoms with Gasteiger partial charge in [0, 0.05) is 0 Å². The number of fused-ring (bicyclic) bond motifs is 1. The summed E-state index contributed by atoms with van der Waals surface area (Å²) >= 11 is 0. The number of ether oxygens (including phenoxy) is 1. The molecule has 1 unspecified atom stereocenters. The SMILES string of the molecule is O=C1COC(=O)C1Cc1ccc2ccccc2c1. The zero-order chi connectivity index (χ0) is 12.5. The van der Waals surface area contributed by atoms with Gasteiger partial charge in [0.15, 0.2) is 12.4 Å². The van der Waals surface area contributed by atoms with Crippen LogP contribution in [0.1, 0.15) is 5.56 Å². The maximum absolute atomic E-state index is 11.5. The van der Waals surface area contributed by atoms with Crippen LogP contribution in [-0.4, -0.2) is 18.4 Å². The van der Waals surface area contributed by atoms with Crippen molar-refractivity contribution in [1.29, 1.82) is 0 Å². The first kappa shape index (κ1) is 11.0. The topological polar surface area (TPSA) is 43.4 Å². The summed E-state index contributed by atoms with van der Waals surface area (Å²) in [6.45, 7) is -0.0723. The molecule has 0 saturated carbocycles. The summed E-state index contributed by atoms with van der Waals surface area (Å²) in [5, 5.41) is 2.27. The van der Waals surface area contributed by atoms with Crippen molar-refractivity contribution in [3.8, 4) is 0 Å². The summed E-state index contributed by atoms with van der Waals surface area (Å²) in [6, 6.07) is 14.0. The van der Waals surface area contributed by atoms with Crippen molar-refractivity contribution < 1.29 is 14.3 Å². The Balaban J connectivity index is 1.91. The molecule has 0 bridgehead atoms. The highest BCUT2D eigenvalue weighted by Gasteiger charge is 2.34. The normalized spacial score (nSPS) is 19.2. The van der Waals surface area contributed by atoms with Crippen LogP contribution in [0.5, 0.6) is 0 Å². The highest BCUT2D eigenvalue weighted by molar-refractivity contribution is 6.04. The number of carbonyl (C=O) groups excluding carboxylic acids is 2. The van der Waals surface area contributed by atoms with Crippen molar-refractivity contribution in [2.75, 3.05) is 6.61 Å². The molecule has 0 N–H and O–H groups in total. The van der Waals surface area contributed by atoms with Crippen LogP contribution in [0.25, 0.3) is 10.8 Å². The van der Waals surface area contributed by atoms with E-state index in [0.717, 1.165) is 16.3 Å². The molecule has 1 aliphatic rings. The van der Waals surface area contributed by atoms with E-state index in [1.807, 2.05) is 42.5 Å². The first-order valence-corrected chi connectivity index (χ1v) is 5.91. The van der Waals surface area contributed by atoms with Gasteiger partial charge in [-0.1, -0.05) is 42.5 Å². The number of rotatable bonds is 2. The average Bonchev–Trinajstić information content (AvgIpc) is 2.70. The lowest BCUT2D eigenvalue weighted by molar-refractivity contribution is -0.141. The molecule has 1 heterocycles. The Bertz CT molecular complexity index is 614. The Labute approximate surface area is 104 Å². The Kier molecular flexibility index (Phi) is 2.59. The fraction of sp³-hybridized carbons (Fsp3) is 0.200. The van der Waals surface area contributed by atoms with Crippen molar-refractivity contribution >= 4 is 22.5 Å². The van der Waals surface area contributed by atoms with Crippen LogP contribution in [-0.2, 0) is 20.7 Å². The van der Waals surface area contributed by atoms with Crippen LogP contribution in [0.4, 0.5) is 0 Å². The molecular formula is C15H12O3. The summed E-state index contributed by atoms with van der Waals surface area (Å²) in [7, 11) is 0. The van der Waals surface area contributed by atoms with E-state index in [-0.39, 0.29) is 12.4 Å². The summed E-state index contributed by atoms with van der Waals surface area (Å²) in [5.41, 5.74) is 0.992. The van der Waals surface area contributed by atoms with E-state index in [0.29, 0.717) is 6.42 Å². The number of esters is 1. The van der Waals surface area contributed by atoms with Gasteiger partial charge in [-0.3, -0.25) is 9.59 Å². The van der Waals surface area contributed by atoms with Crippen LogP contribution >= 0.6 is 0 Å². The number of ketones is 1. The summed E-state index contributed by atoms with van der Waals surface area (Å²) < 4.78 is 4.75. The predicted molar refractivity (Wildman–Crippen MR) is 67.1 cm³/mol. The van der Waals surface area contributed by atoms with Gasteiger partial charge in [0.05, 0.1) is 0 Å². The third kappa shape index (κ3) is 1.88. The molecule has 1 fully saturated rings. The van der Waals surface area contributed by atoms with E-state index in [1.54, 1.807) is 0 Å². The molecule has 2 aromatic rings. The van der Waals surface area contributed by atoms with Crippen molar-refractivity contribution in [3.05, 3.63) is 48.0 Å². The van der Waals surface area contributed by atoms with E-state index in [9.17, 15) is 9.59 Å². The number of Topliss-reactive ketones (excluding diaryl/α,β-unsaturated/α-hetero) is 1. The molecule has 0 aliphatic carbocycles. The van der Waals surface area contributed by atoms with Crippen LogP contribution in [0.15, 0.2) is 42.5 Å². The van der Waals surface area contributed by atoms with Gasteiger partial charge >= 0.3 is 5.97 Å². The molecule has 0 amide bonds. The second-order valence-electron chi connectivity index (χ2n) is 4.51. The summed E-state index contributed by atoms with van der Waals surface area (Å²) in [4.78, 5) is 22.9. The number of hydrogen-bond acceptors (Lipinski definition) is 3. The monoisotopic (exact) mass is 240 g/mol. The van der Waals surface area contributed by atoms with Crippen molar-refractivity contribution in [3.63, 3.8) is 0 Å². The van der Waals surface area contributed by atoms with Gasteiger partial charge in [0.2, 0.25) is 0 Å². The second-order valence-corrected chi connectivity index (χ2v) is 4.51. The van der Waals surface area contributed by atoms with Crippen LogP contribution in [0, 0.1) is 5.92 Å². The summed E-state index contributed by atoms with van der Waals surface area (Å²) in [6.07, 6.45) is 0.433. The third-order valence-corrected chi connectivity index (χ3v) is 3.28. The molecular weight excluding hydrogens is 228 g/mol. The van der Waals surface area contributed by atoms with Crippen LogP contribution in [0.3, 0.4) is 0 Å². The first-order chi connectivity index (χ1) is 8.74. The largest absolute Gasteiger partial charge is 0.457 e. The van der Waals surface area contributed by atoms with Crippen molar-refractivity contribution in [2.24, 2.45) is 5.92 Å². The highest BCUT2D eigenvalue weighted by atomic mass is 16.5. The Morgan fingerprint density at radius 1 is 1.06 bits per heavy atom. The first-order valence-electron chi connectivity index (χ1n) is 5.91. The minimum absolute atomic E-state index is 0.0723. The number of carbonyl (C=O) groups is 2. The zero-order valence-electron chi connectivity index (χ0n) is 9.76. The van der Waals surface area contributed by atoms with Gasteiger partial charge in [0.25, 0.3) is 0 Å². The van der Waals surface area contributed by atoms with Gasteiger partial charge in [-0.25, -0.2) is 0 Å². The van der Waals surface area contributed by atoms with Gasteiger partial charge in [-0.05, 0) is 22.8 Å².